The number of benzene rings is 4. The van der Waals surface area contributed by atoms with Crippen molar-refractivity contribution in [3.8, 4) is 0 Å². The molecular formula is C53H78N2. The highest BCUT2D eigenvalue weighted by Crippen LogP contribution is 2.33. The maximum atomic E-state index is 6.06. The van der Waals surface area contributed by atoms with Gasteiger partial charge in [-0.25, -0.2) is 0 Å². The van der Waals surface area contributed by atoms with Crippen LogP contribution in [0.15, 0.2) is 97.1 Å². The van der Waals surface area contributed by atoms with Gasteiger partial charge in [-0.05, 0) is 96.2 Å². The Balaban J connectivity index is 1.19. The summed E-state index contributed by atoms with van der Waals surface area (Å²) in [4.78, 5) is 0. The van der Waals surface area contributed by atoms with E-state index >= 15 is 0 Å². The van der Waals surface area contributed by atoms with E-state index in [9.17, 15) is 0 Å². The average molecular weight is 743 g/mol. The lowest BCUT2D eigenvalue weighted by molar-refractivity contribution is 0.545. The zero-order valence-corrected chi connectivity index (χ0v) is 35.2. The highest BCUT2D eigenvalue weighted by atomic mass is 14.5. The van der Waals surface area contributed by atoms with Crippen LogP contribution >= 0.6 is 0 Å². The van der Waals surface area contributed by atoms with Crippen LogP contribution in [-0.2, 0) is 12.8 Å². The van der Waals surface area contributed by atoms with Gasteiger partial charge in [-0.3, -0.25) is 0 Å². The van der Waals surface area contributed by atoms with Gasteiger partial charge in [0.25, 0.3) is 0 Å². The van der Waals surface area contributed by atoms with E-state index < -0.39 is 0 Å². The average Bonchev–Trinajstić information content (AvgIpc) is 3.21. The van der Waals surface area contributed by atoms with Crippen molar-refractivity contribution in [3.05, 3.63) is 130 Å². The number of unbranched alkanes of at least 4 members (excludes halogenated alkanes) is 18. The highest BCUT2D eigenvalue weighted by molar-refractivity contribution is 5.44. The molecule has 2 nitrogen and oxygen atoms in total. The summed E-state index contributed by atoms with van der Waals surface area (Å²) in [6.07, 6.45) is 33.2. The van der Waals surface area contributed by atoms with Gasteiger partial charge in [0, 0.05) is 23.2 Å². The van der Waals surface area contributed by atoms with E-state index in [0.29, 0.717) is 11.8 Å². The third-order valence-electron chi connectivity index (χ3n) is 12.1. The summed E-state index contributed by atoms with van der Waals surface area (Å²) in [6, 6.07) is 36.4. The van der Waals surface area contributed by atoms with Gasteiger partial charge in [0.1, 0.15) is 0 Å². The lowest BCUT2D eigenvalue weighted by atomic mass is 9.86. The molecule has 0 fully saturated rings. The van der Waals surface area contributed by atoms with Crippen LogP contribution in [0.4, 0.5) is 11.4 Å². The van der Waals surface area contributed by atoms with Crippen molar-refractivity contribution in [2.45, 2.75) is 186 Å². The molecule has 300 valence electrons. The number of nitrogens with two attached hydrogens (primary N) is 2. The van der Waals surface area contributed by atoms with Crippen LogP contribution in [0.5, 0.6) is 0 Å². The predicted octanol–water partition coefficient (Wildman–Crippen LogP) is 15.9. The first-order chi connectivity index (χ1) is 27.1. The molecule has 55 heavy (non-hydrogen) atoms. The standard InChI is InChI=1S/C53H78N2/c1-3-5-7-9-11-13-15-17-22-26-52(48-36-40-50(54)41-37-48)46-32-28-44(29-33-46)24-20-19-21-25-45-30-34-47(35-31-45)53(49-38-42-51(55)43-39-49)27-23-18-16-14-12-10-8-6-4-2/h28-43,52-53H,3-27,54-55H2,1-2H3. The molecule has 0 heterocycles. The molecule has 4 aromatic rings. The van der Waals surface area contributed by atoms with E-state index in [-0.39, 0.29) is 0 Å². The molecule has 2 heteroatoms. The first-order valence-electron chi connectivity index (χ1n) is 23.0. The van der Waals surface area contributed by atoms with Gasteiger partial charge in [0.15, 0.2) is 0 Å². The smallest absolute Gasteiger partial charge is 0.0314 e. The van der Waals surface area contributed by atoms with Crippen molar-refractivity contribution >= 4 is 11.4 Å². The molecule has 4 N–H and O–H groups in total. The van der Waals surface area contributed by atoms with Crippen LogP contribution in [0.1, 0.15) is 207 Å². The number of hydrogen-bond acceptors (Lipinski definition) is 2. The zero-order chi connectivity index (χ0) is 38.8. The number of rotatable bonds is 30. The number of nitrogen functional groups attached to an aromatic ring is 2. The largest absolute Gasteiger partial charge is 0.399 e. The van der Waals surface area contributed by atoms with Crippen LogP contribution in [0.25, 0.3) is 0 Å². The molecule has 0 amide bonds. The molecule has 0 aromatic heterocycles. The lowest BCUT2D eigenvalue weighted by Gasteiger charge is -2.19. The van der Waals surface area contributed by atoms with Crippen molar-refractivity contribution in [1.82, 2.24) is 0 Å². The Labute approximate surface area is 338 Å². The summed E-state index contributed by atoms with van der Waals surface area (Å²) in [5, 5.41) is 0. The molecule has 0 aliphatic carbocycles. The van der Waals surface area contributed by atoms with E-state index in [1.807, 2.05) is 0 Å². The molecule has 0 radical (unpaired) electrons. The first-order valence-corrected chi connectivity index (χ1v) is 23.0. The summed E-state index contributed by atoms with van der Waals surface area (Å²) in [5.41, 5.74) is 22.4. The van der Waals surface area contributed by atoms with E-state index in [1.54, 1.807) is 0 Å². The summed E-state index contributed by atoms with van der Waals surface area (Å²) in [5.74, 6) is 0.893. The Morgan fingerprint density at radius 2 is 0.564 bits per heavy atom. The quantitative estimate of drug-likeness (QED) is 0.0413. The Kier molecular flexibility index (Phi) is 21.8. The minimum atomic E-state index is 0.447. The summed E-state index contributed by atoms with van der Waals surface area (Å²) < 4.78 is 0. The minimum absolute atomic E-state index is 0.447. The zero-order valence-electron chi connectivity index (χ0n) is 35.2. The van der Waals surface area contributed by atoms with Gasteiger partial charge in [0.2, 0.25) is 0 Å². The molecule has 0 saturated carbocycles. The Bertz CT molecular complexity index is 1390. The molecule has 0 saturated heterocycles. The van der Waals surface area contributed by atoms with E-state index in [1.165, 1.54) is 181 Å². The summed E-state index contributed by atoms with van der Waals surface area (Å²) in [7, 11) is 0. The van der Waals surface area contributed by atoms with E-state index in [4.69, 9.17) is 11.5 Å². The Hall–Kier alpha value is -3.52. The first kappa shape index (κ1) is 44.2. The second-order valence-corrected chi connectivity index (χ2v) is 16.7. The number of aryl methyl sites for hydroxylation is 2. The van der Waals surface area contributed by atoms with Gasteiger partial charge >= 0.3 is 0 Å². The van der Waals surface area contributed by atoms with Crippen molar-refractivity contribution in [3.63, 3.8) is 0 Å². The van der Waals surface area contributed by atoms with Gasteiger partial charge in [0.05, 0.1) is 0 Å². The topological polar surface area (TPSA) is 52.0 Å². The summed E-state index contributed by atoms with van der Waals surface area (Å²) in [6.45, 7) is 4.59. The molecule has 0 spiro atoms. The fraction of sp³-hybridized carbons (Fsp3) is 0.547. The third kappa shape index (κ3) is 17.4. The number of hydrogen-bond donors (Lipinski definition) is 2. The molecule has 0 bridgehead atoms. The maximum Gasteiger partial charge on any atom is 0.0314 e. The van der Waals surface area contributed by atoms with Crippen molar-refractivity contribution in [2.75, 3.05) is 11.5 Å². The van der Waals surface area contributed by atoms with Gasteiger partial charge in [-0.15, -0.1) is 0 Å². The fourth-order valence-corrected chi connectivity index (χ4v) is 8.49. The molecule has 2 atom stereocenters. The molecule has 0 aliphatic heterocycles. The Morgan fingerprint density at radius 1 is 0.309 bits per heavy atom. The van der Waals surface area contributed by atoms with Crippen molar-refractivity contribution in [1.29, 1.82) is 0 Å². The van der Waals surface area contributed by atoms with E-state index in [0.717, 1.165) is 24.2 Å². The van der Waals surface area contributed by atoms with Gasteiger partial charge in [-0.2, -0.15) is 0 Å². The molecule has 4 aromatic carbocycles. The molecule has 4 rings (SSSR count). The van der Waals surface area contributed by atoms with Crippen LogP contribution in [0.2, 0.25) is 0 Å². The third-order valence-corrected chi connectivity index (χ3v) is 12.1. The van der Waals surface area contributed by atoms with Gasteiger partial charge < -0.3 is 11.5 Å². The highest BCUT2D eigenvalue weighted by Gasteiger charge is 2.16. The summed E-state index contributed by atoms with van der Waals surface area (Å²) >= 11 is 0. The van der Waals surface area contributed by atoms with Crippen LogP contribution in [0, 0.1) is 0 Å². The van der Waals surface area contributed by atoms with Gasteiger partial charge in [-0.1, -0.05) is 209 Å². The monoisotopic (exact) mass is 743 g/mol. The van der Waals surface area contributed by atoms with E-state index in [2.05, 4.69) is 111 Å². The van der Waals surface area contributed by atoms with Crippen LogP contribution in [-0.4, -0.2) is 0 Å². The van der Waals surface area contributed by atoms with Crippen LogP contribution in [0.3, 0.4) is 0 Å². The van der Waals surface area contributed by atoms with Crippen molar-refractivity contribution in [2.24, 2.45) is 0 Å². The minimum Gasteiger partial charge on any atom is -0.399 e. The van der Waals surface area contributed by atoms with Crippen LogP contribution < -0.4 is 11.5 Å². The molecule has 0 aliphatic rings. The fourth-order valence-electron chi connectivity index (χ4n) is 8.49. The van der Waals surface area contributed by atoms with Crippen molar-refractivity contribution < 1.29 is 0 Å². The Morgan fingerprint density at radius 3 is 0.873 bits per heavy atom. The lowest BCUT2D eigenvalue weighted by Crippen LogP contribution is -2.03. The maximum absolute atomic E-state index is 6.06. The molecule has 2 unspecified atom stereocenters. The SMILES string of the molecule is CCCCCCCCCCCC(c1ccc(N)cc1)c1ccc(CCCCCc2ccc(C(CCCCCCCCCCC)c3ccc(N)cc3)cc2)cc1. The number of anilines is 2. The normalized spacial score (nSPS) is 12.5. The predicted molar refractivity (Wildman–Crippen MR) is 243 cm³/mol. The molecular weight excluding hydrogens is 665 g/mol. The second kappa shape index (κ2) is 27.1. The second-order valence-electron chi connectivity index (χ2n) is 16.7.